The molecule has 32 heavy (non-hydrogen) atoms. The summed E-state index contributed by atoms with van der Waals surface area (Å²) in [6.07, 6.45) is 1.39. The summed E-state index contributed by atoms with van der Waals surface area (Å²) in [5, 5.41) is 18.9. The maximum Gasteiger partial charge on any atom is 0.254 e. The first kappa shape index (κ1) is 20.7. The van der Waals surface area contributed by atoms with Crippen LogP contribution in [0.25, 0.3) is 11.0 Å². The molecule has 0 bridgehead atoms. The third-order valence-electron chi connectivity index (χ3n) is 5.61. The lowest BCUT2D eigenvalue weighted by atomic mass is 9.98. The second-order valence-electron chi connectivity index (χ2n) is 7.73. The first-order valence-corrected chi connectivity index (χ1v) is 10.9. The molecular formula is C22H18Cl2N6O2. The number of rotatable bonds is 5. The van der Waals surface area contributed by atoms with Gasteiger partial charge in [-0.05, 0) is 54.8 Å². The number of aromatic nitrogens is 5. The molecule has 8 nitrogen and oxygen atoms in total. The molecule has 0 spiro atoms. The van der Waals surface area contributed by atoms with Gasteiger partial charge in [0.05, 0.1) is 12.2 Å². The number of fused-ring (bicyclic) bond motifs is 2. The fourth-order valence-corrected chi connectivity index (χ4v) is 4.58. The lowest BCUT2D eigenvalue weighted by molar-refractivity contribution is 0.0732. The number of aryl methyl sites for hydroxylation is 1. The van der Waals surface area contributed by atoms with E-state index in [1.54, 1.807) is 41.3 Å². The molecule has 3 heterocycles. The number of H-pyrrole nitrogens is 2. The summed E-state index contributed by atoms with van der Waals surface area (Å²) in [4.78, 5) is 27.5. The first-order chi connectivity index (χ1) is 15.5. The summed E-state index contributed by atoms with van der Waals surface area (Å²) in [5.74, 6) is -0.143. The van der Waals surface area contributed by atoms with Gasteiger partial charge in [0.2, 0.25) is 0 Å². The van der Waals surface area contributed by atoms with Crippen LogP contribution in [0.2, 0.25) is 10.0 Å². The van der Waals surface area contributed by atoms with Crippen molar-refractivity contribution in [1.82, 2.24) is 30.5 Å². The molecule has 10 heteroatoms. The summed E-state index contributed by atoms with van der Waals surface area (Å²) in [6, 6.07) is 10.5. The predicted octanol–water partition coefficient (Wildman–Crippen LogP) is 4.00. The number of halogens is 2. The third-order valence-corrected chi connectivity index (χ3v) is 6.05. The molecule has 0 saturated carbocycles. The van der Waals surface area contributed by atoms with Crippen LogP contribution < -0.4 is 0 Å². The van der Waals surface area contributed by atoms with E-state index in [1.807, 2.05) is 0 Å². The van der Waals surface area contributed by atoms with E-state index in [0.717, 1.165) is 16.8 Å². The van der Waals surface area contributed by atoms with Crippen molar-refractivity contribution in [3.05, 3.63) is 74.5 Å². The highest BCUT2D eigenvalue weighted by Crippen LogP contribution is 2.25. The Hall–Kier alpha value is -3.23. The summed E-state index contributed by atoms with van der Waals surface area (Å²) in [6.45, 7) is 0.877. The lowest BCUT2D eigenvalue weighted by Gasteiger charge is -2.27. The number of nitrogens with one attached hydrogen (secondary N) is 2. The number of aromatic amines is 2. The van der Waals surface area contributed by atoms with E-state index in [0.29, 0.717) is 64.7 Å². The zero-order valence-electron chi connectivity index (χ0n) is 16.9. The molecular weight excluding hydrogens is 451 g/mol. The molecule has 162 valence electrons. The average molecular weight is 469 g/mol. The van der Waals surface area contributed by atoms with Crippen molar-refractivity contribution in [1.29, 1.82) is 0 Å². The fourth-order valence-electron chi connectivity index (χ4n) is 4.01. The standard InChI is InChI=1S/C22H18Cl2N6O2/c23-14-7-12(8-15(24)10-14)1-4-20(31)21-16-5-6-30(11-19(16)25-28-21)22(32)13-2-3-17-18(9-13)27-29-26-17/h2-3,7-10H,1,4-6,11H2,(H,25,28)(H,26,27,29). The van der Waals surface area contributed by atoms with Crippen molar-refractivity contribution >= 4 is 45.9 Å². The van der Waals surface area contributed by atoms with Gasteiger partial charge in [0.1, 0.15) is 16.7 Å². The van der Waals surface area contributed by atoms with Crippen molar-refractivity contribution in [3.63, 3.8) is 0 Å². The molecule has 0 saturated heterocycles. The molecule has 1 aliphatic heterocycles. The number of Topliss-reactive ketones (excluding diaryl/α,β-unsaturated/α-hetero) is 1. The quantitative estimate of drug-likeness (QED) is 0.430. The van der Waals surface area contributed by atoms with Crippen LogP contribution in [0.15, 0.2) is 36.4 Å². The SMILES string of the molecule is O=C(CCc1cc(Cl)cc(Cl)c1)c1n[nH]c2c1CCN(C(=O)c1ccc3n[nH]nc3c1)C2. The number of benzene rings is 2. The van der Waals surface area contributed by atoms with Crippen molar-refractivity contribution in [2.24, 2.45) is 0 Å². The van der Waals surface area contributed by atoms with Gasteiger partial charge >= 0.3 is 0 Å². The third kappa shape index (κ3) is 3.99. The monoisotopic (exact) mass is 468 g/mol. The van der Waals surface area contributed by atoms with Gasteiger partial charge in [-0.1, -0.05) is 23.2 Å². The number of amides is 1. The Morgan fingerprint density at radius 2 is 1.78 bits per heavy atom. The second-order valence-corrected chi connectivity index (χ2v) is 8.61. The molecule has 0 atom stereocenters. The highest BCUT2D eigenvalue weighted by molar-refractivity contribution is 6.34. The van der Waals surface area contributed by atoms with Crippen LogP contribution in [-0.2, 0) is 19.4 Å². The Morgan fingerprint density at radius 3 is 2.59 bits per heavy atom. The number of nitrogens with zero attached hydrogens (tertiary/aromatic N) is 4. The Balaban J connectivity index is 1.28. The fraction of sp³-hybridized carbons (Fsp3) is 0.227. The van der Waals surface area contributed by atoms with Gasteiger partial charge in [0, 0.05) is 34.1 Å². The molecule has 0 aliphatic carbocycles. The molecule has 2 aromatic heterocycles. The maximum absolute atomic E-state index is 13.0. The Morgan fingerprint density at radius 1 is 1.00 bits per heavy atom. The first-order valence-electron chi connectivity index (χ1n) is 10.1. The van der Waals surface area contributed by atoms with Crippen molar-refractivity contribution < 1.29 is 9.59 Å². The second kappa shape index (κ2) is 8.37. The molecule has 0 fully saturated rings. The van der Waals surface area contributed by atoms with Crippen LogP contribution in [0.1, 0.15) is 44.1 Å². The molecule has 2 N–H and O–H groups in total. The Labute approximate surface area is 192 Å². The minimum absolute atomic E-state index is 0.0464. The highest BCUT2D eigenvalue weighted by atomic mass is 35.5. The van der Waals surface area contributed by atoms with Gasteiger partial charge in [-0.25, -0.2) is 0 Å². The van der Waals surface area contributed by atoms with Gasteiger partial charge in [0.25, 0.3) is 5.91 Å². The largest absolute Gasteiger partial charge is 0.332 e. The number of carbonyl (C=O) groups excluding carboxylic acids is 2. The van der Waals surface area contributed by atoms with Gasteiger partial charge < -0.3 is 4.90 Å². The van der Waals surface area contributed by atoms with Crippen molar-refractivity contribution in [2.45, 2.75) is 25.8 Å². The normalized spacial score (nSPS) is 13.4. The molecule has 2 aromatic carbocycles. The summed E-state index contributed by atoms with van der Waals surface area (Å²) in [5.41, 5.74) is 4.93. The Kier molecular flexibility index (Phi) is 5.40. The average Bonchev–Trinajstić information content (AvgIpc) is 3.42. The zero-order chi connectivity index (χ0) is 22.2. The minimum atomic E-state index is -0.0964. The van der Waals surface area contributed by atoms with Crippen LogP contribution in [0.3, 0.4) is 0 Å². The number of hydrogen-bond donors (Lipinski definition) is 2. The Bertz CT molecular complexity index is 1330. The van der Waals surface area contributed by atoms with Crippen LogP contribution >= 0.6 is 23.2 Å². The lowest BCUT2D eigenvalue weighted by Crippen LogP contribution is -2.36. The zero-order valence-corrected chi connectivity index (χ0v) is 18.4. The van der Waals surface area contributed by atoms with E-state index in [-0.39, 0.29) is 11.7 Å². The van der Waals surface area contributed by atoms with E-state index >= 15 is 0 Å². The maximum atomic E-state index is 13.0. The molecule has 0 radical (unpaired) electrons. The van der Waals surface area contributed by atoms with Gasteiger partial charge in [0.15, 0.2) is 5.78 Å². The van der Waals surface area contributed by atoms with Crippen molar-refractivity contribution in [2.75, 3.05) is 6.54 Å². The van der Waals surface area contributed by atoms with Gasteiger partial charge in [-0.2, -0.15) is 20.5 Å². The molecule has 5 rings (SSSR count). The smallest absolute Gasteiger partial charge is 0.254 e. The minimum Gasteiger partial charge on any atom is -0.332 e. The van der Waals surface area contributed by atoms with Crippen LogP contribution in [0.4, 0.5) is 0 Å². The van der Waals surface area contributed by atoms with E-state index in [2.05, 4.69) is 25.6 Å². The van der Waals surface area contributed by atoms with E-state index in [9.17, 15) is 9.59 Å². The highest BCUT2D eigenvalue weighted by Gasteiger charge is 2.28. The van der Waals surface area contributed by atoms with E-state index in [1.165, 1.54) is 0 Å². The topological polar surface area (TPSA) is 108 Å². The summed E-state index contributed by atoms with van der Waals surface area (Å²) < 4.78 is 0. The molecule has 0 unspecified atom stereocenters. The number of carbonyl (C=O) groups is 2. The van der Waals surface area contributed by atoms with Gasteiger partial charge in [-0.3, -0.25) is 14.7 Å². The van der Waals surface area contributed by atoms with Crippen LogP contribution in [0, 0.1) is 0 Å². The van der Waals surface area contributed by atoms with E-state index < -0.39 is 0 Å². The molecule has 1 amide bonds. The van der Waals surface area contributed by atoms with E-state index in [4.69, 9.17) is 23.2 Å². The summed E-state index contributed by atoms with van der Waals surface area (Å²) >= 11 is 12.1. The van der Waals surface area contributed by atoms with Crippen LogP contribution in [-0.4, -0.2) is 48.7 Å². The number of ketones is 1. The molecule has 4 aromatic rings. The predicted molar refractivity (Wildman–Crippen MR) is 120 cm³/mol. The number of hydrogen-bond acceptors (Lipinski definition) is 5. The summed E-state index contributed by atoms with van der Waals surface area (Å²) in [7, 11) is 0. The van der Waals surface area contributed by atoms with Crippen molar-refractivity contribution in [3.8, 4) is 0 Å². The van der Waals surface area contributed by atoms with Gasteiger partial charge in [-0.15, -0.1) is 0 Å². The van der Waals surface area contributed by atoms with Crippen LogP contribution in [0.5, 0.6) is 0 Å². The molecule has 1 aliphatic rings.